The predicted molar refractivity (Wildman–Crippen MR) is 50.0 cm³/mol. The molecule has 0 spiro atoms. The molecule has 1 heterocycles. The Kier molecular flexibility index (Phi) is 3.69. The van der Waals surface area contributed by atoms with E-state index >= 15 is 0 Å². The van der Waals surface area contributed by atoms with E-state index < -0.39 is 6.10 Å². The summed E-state index contributed by atoms with van der Waals surface area (Å²) in [7, 11) is 0. The number of carbonyl (C=O) groups is 1. The fourth-order valence-corrected chi connectivity index (χ4v) is 1.64. The van der Waals surface area contributed by atoms with Crippen molar-refractivity contribution < 1.29 is 9.90 Å². The molecule has 0 aromatic heterocycles. The summed E-state index contributed by atoms with van der Waals surface area (Å²) in [5.41, 5.74) is 5.28. The summed E-state index contributed by atoms with van der Waals surface area (Å²) >= 11 is 0. The van der Waals surface area contributed by atoms with Crippen molar-refractivity contribution in [2.45, 2.75) is 25.9 Å². The second kappa shape index (κ2) is 4.58. The highest BCUT2D eigenvalue weighted by Crippen LogP contribution is 2.16. The Hall–Kier alpha value is -0.610. The molecule has 4 heteroatoms. The standard InChI is InChI=1S/C9H18N2O2/c1-7-3-2-4-11(9(7)13)6-8(12)5-10/h7-8,12H,2-6,10H2,1H3/t7?,8-/m1/s1. The first-order chi connectivity index (χ1) is 6.15. The van der Waals surface area contributed by atoms with E-state index in [-0.39, 0.29) is 18.4 Å². The maximum Gasteiger partial charge on any atom is 0.225 e. The van der Waals surface area contributed by atoms with Gasteiger partial charge in [-0.1, -0.05) is 6.92 Å². The molecule has 76 valence electrons. The van der Waals surface area contributed by atoms with Crippen LogP contribution in [0, 0.1) is 5.92 Å². The molecule has 1 fully saturated rings. The number of piperidine rings is 1. The number of β-amino-alcohol motifs (C(OH)–C–C–N with tert-alkyl or cyclic N) is 1. The number of aliphatic hydroxyl groups is 1. The Bertz CT molecular complexity index is 184. The van der Waals surface area contributed by atoms with Gasteiger partial charge >= 0.3 is 0 Å². The number of hydrogen-bond acceptors (Lipinski definition) is 3. The fourth-order valence-electron chi connectivity index (χ4n) is 1.64. The first-order valence-corrected chi connectivity index (χ1v) is 4.82. The number of nitrogens with two attached hydrogens (primary N) is 1. The molecule has 0 aliphatic carbocycles. The molecule has 4 nitrogen and oxygen atoms in total. The minimum atomic E-state index is -0.575. The van der Waals surface area contributed by atoms with Crippen LogP contribution in [-0.4, -0.2) is 41.7 Å². The van der Waals surface area contributed by atoms with Gasteiger partial charge < -0.3 is 15.7 Å². The van der Waals surface area contributed by atoms with E-state index in [1.807, 2.05) is 6.92 Å². The van der Waals surface area contributed by atoms with Crippen molar-refractivity contribution in [2.24, 2.45) is 11.7 Å². The number of rotatable bonds is 3. The third-order valence-corrected chi connectivity index (χ3v) is 2.50. The van der Waals surface area contributed by atoms with E-state index in [0.29, 0.717) is 6.54 Å². The van der Waals surface area contributed by atoms with Gasteiger partial charge in [0, 0.05) is 25.6 Å². The van der Waals surface area contributed by atoms with Crippen molar-refractivity contribution in [1.29, 1.82) is 0 Å². The molecule has 1 aliphatic rings. The lowest BCUT2D eigenvalue weighted by molar-refractivity contribution is -0.139. The van der Waals surface area contributed by atoms with Gasteiger partial charge in [-0.25, -0.2) is 0 Å². The van der Waals surface area contributed by atoms with Gasteiger partial charge in [0.1, 0.15) is 0 Å². The number of aliphatic hydroxyl groups excluding tert-OH is 1. The highest BCUT2D eigenvalue weighted by atomic mass is 16.3. The monoisotopic (exact) mass is 186 g/mol. The van der Waals surface area contributed by atoms with Crippen LogP contribution in [0.15, 0.2) is 0 Å². The lowest BCUT2D eigenvalue weighted by Crippen LogP contribution is -2.45. The number of likely N-dealkylation sites (tertiary alicyclic amines) is 1. The number of carbonyl (C=O) groups excluding carboxylic acids is 1. The van der Waals surface area contributed by atoms with Gasteiger partial charge in [0.2, 0.25) is 5.91 Å². The molecule has 3 N–H and O–H groups in total. The van der Waals surface area contributed by atoms with Gasteiger partial charge in [-0.15, -0.1) is 0 Å². The molecule has 1 rings (SSSR count). The Morgan fingerprint density at radius 1 is 1.77 bits per heavy atom. The van der Waals surface area contributed by atoms with E-state index in [4.69, 9.17) is 5.73 Å². The van der Waals surface area contributed by atoms with Crippen molar-refractivity contribution in [1.82, 2.24) is 4.90 Å². The average molecular weight is 186 g/mol. The Balaban J connectivity index is 2.44. The van der Waals surface area contributed by atoms with Gasteiger partial charge in [0.05, 0.1) is 6.10 Å². The molecular formula is C9H18N2O2. The second-order valence-electron chi connectivity index (χ2n) is 3.72. The van der Waals surface area contributed by atoms with Crippen molar-refractivity contribution in [3.8, 4) is 0 Å². The average Bonchev–Trinajstić information content (AvgIpc) is 2.13. The largest absolute Gasteiger partial charge is 0.390 e. The third kappa shape index (κ3) is 2.67. The topological polar surface area (TPSA) is 66.6 Å². The van der Waals surface area contributed by atoms with E-state index in [9.17, 15) is 9.90 Å². The number of amides is 1. The fraction of sp³-hybridized carbons (Fsp3) is 0.889. The zero-order chi connectivity index (χ0) is 9.84. The van der Waals surface area contributed by atoms with Gasteiger partial charge in [0.15, 0.2) is 0 Å². The molecule has 1 aliphatic heterocycles. The third-order valence-electron chi connectivity index (χ3n) is 2.50. The summed E-state index contributed by atoms with van der Waals surface area (Å²) in [5, 5.41) is 9.30. The summed E-state index contributed by atoms with van der Waals surface area (Å²) in [5.74, 6) is 0.262. The van der Waals surface area contributed by atoms with Crippen LogP contribution in [0.1, 0.15) is 19.8 Å². The summed E-state index contributed by atoms with van der Waals surface area (Å²) in [6.07, 6.45) is 1.42. The predicted octanol–water partition coefficient (Wildman–Crippen LogP) is -0.435. The Morgan fingerprint density at radius 3 is 3.08 bits per heavy atom. The summed E-state index contributed by atoms with van der Waals surface area (Å²) < 4.78 is 0. The smallest absolute Gasteiger partial charge is 0.225 e. The van der Waals surface area contributed by atoms with Crippen LogP contribution < -0.4 is 5.73 Å². The van der Waals surface area contributed by atoms with Crippen molar-refractivity contribution >= 4 is 5.91 Å². The Labute approximate surface area is 78.7 Å². The zero-order valence-corrected chi connectivity index (χ0v) is 8.07. The van der Waals surface area contributed by atoms with Crippen LogP contribution in [0.25, 0.3) is 0 Å². The van der Waals surface area contributed by atoms with Crippen LogP contribution in [0.2, 0.25) is 0 Å². The van der Waals surface area contributed by atoms with Gasteiger partial charge in [0.25, 0.3) is 0 Å². The van der Waals surface area contributed by atoms with Crippen molar-refractivity contribution in [3.63, 3.8) is 0 Å². The minimum Gasteiger partial charge on any atom is -0.390 e. The maximum atomic E-state index is 11.6. The van der Waals surface area contributed by atoms with Gasteiger partial charge in [-0.05, 0) is 12.8 Å². The minimum absolute atomic E-state index is 0.110. The molecule has 0 aromatic carbocycles. The lowest BCUT2D eigenvalue weighted by atomic mass is 9.99. The molecule has 0 aromatic rings. The summed E-state index contributed by atoms with van der Waals surface area (Å²) in [4.78, 5) is 13.3. The molecule has 1 amide bonds. The highest BCUT2D eigenvalue weighted by Gasteiger charge is 2.25. The first-order valence-electron chi connectivity index (χ1n) is 4.82. The molecule has 1 saturated heterocycles. The second-order valence-corrected chi connectivity index (χ2v) is 3.72. The van der Waals surface area contributed by atoms with Crippen LogP contribution in [0.5, 0.6) is 0 Å². The molecule has 13 heavy (non-hydrogen) atoms. The van der Waals surface area contributed by atoms with E-state index in [1.54, 1.807) is 4.90 Å². The van der Waals surface area contributed by atoms with Crippen LogP contribution in [0.4, 0.5) is 0 Å². The first kappa shape index (κ1) is 10.5. The lowest BCUT2D eigenvalue weighted by Gasteiger charge is -2.31. The summed E-state index contributed by atoms with van der Waals surface area (Å²) in [6.45, 7) is 3.31. The molecule has 0 saturated carbocycles. The molecular weight excluding hydrogens is 168 g/mol. The molecule has 0 bridgehead atoms. The van der Waals surface area contributed by atoms with E-state index in [2.05, 4.69) is 0 Å². The van der Waals surface area contributed by atoms with Crippen LogP contribution >= 0.6 is 0 Å². The van der Waals surface area contributed by atoms with Crippen LogP contribution in [0.3, 0.4) is 0 Å². The molecule has 1 unspecified atom stereocenters. The zero-order valence-electron chi connectivity index (χ0n) is 8.07. The van der Waals surface area contributed by atoms with Gasteiger partial charge in [-0.2, -0.15) is 0 Å². The number of nitrogens with zero attached hydrogens (tertiary/aromatic N) is 1. The maximum absolute atomic E-state index is 11.6. The van der Waals surface area contributed by atoms with Crippen molar-refractivity contribution in [2.75, 3.05) is 19.6 Å². The normalized spacial score (nSPS) is 26.2. The number of hydrogen-bond donors (Lipinski definition) is 2. The van der Waals surface area contributed by atoms with E-state index in [0.717, 1.165) is 19.4 Å². The molecule has 0 radical (unpaired) electrons. The van der Waals surface area contributed by atoms with E-state index in [1.165, 1.54) is 0 Å². The highest BCUT2D eigenvalue weighted by molar-refractivity contribution is 5.79. The molecule has 2 atom stereocenters. The SMILES string of the molecule is CC1CCCN(C[C@H](O)CN)C1=O. The quantitative estimate of drug-likeness (QED) is 0.628. The van der Waals surface area contributed by atoms with Crippen molar-refractivity contribution in [3.05, 3.63) is 0 Å². The Morgan fingerprint density at radius 2 is 2.46 bits per heavy atom. The van der Waals surface area contributed by atoms with Crippen LogP contribution in [-0.2, 0) is 4.79 Å². The summed E-state index contributed by atoms with van der Waals surface area (Å²) in [6, 6.07) is 0. The van der Waals surface area contributed by atoms with Gasteiger partial charge in [-0.3, -0.25) is 4.79 Å².